The van der Waals surface area contributed by atoms with Gasteiger partial charge in [-0.2, -0.15) is 0 Å². The molecule has 1 aromatic heterocycles. The number of aromatic nitrogens is 1. The molecule has 0 saturated heterocycles. The van der Waals surface area contributed by atoms with Gasteiger partial charge in [0.05, 0.1) is 5.56 Å². The van der Waals surface area contributed by atoms with Crippen molar-refractivity contribution >= 4 is 16.8 Å². The number of carbonyl (C=O) groups is 1. The van der Waals surface area contributed by atoms with Crippen LogP contribution in [0.1, 0.15) is 22.8 Å². The Bertz CT molecular complexity index is 837. The molecule has 0 saturated carbocycles. The van der Waals surface area contributed by atoms with Crippen LogP contribution in [0.3, 0.4) is 0 Å². The molecule has 0 aliphatic heterocycles. The van der Waals surface area contributed by atoms with Crippen molar-refractivity contribution in [2.75, 3.05) is 7.11 Å². The predicted molar refractivity (Wildman–Crippen MR) is 96.9 cm³/mol. The first-order valence-electron chi connectivity index (χ1n) is 7.97. The molecule has 0 aliphatic carbocycles. The SMILES string of the molecule is CC(Cc1ccccc1)NC(=O)c1cnc2c(F)cccc2c1.CO. The fourth-order valence-electron chi connectivity index (χ4n) is 2.57. The van der Waals surface area contributed by atoms with E-state index in [0.717, 1.165) is 13.5 Å². The zero-order valence-electron chi connectivity index (χ0n) is 14.2. The number of aliphatic hydroxyl groups excluding tert-OH is 1. The first-order chi connectivity index (χ1) is 12.1. The van der Waals surface area contributed by atoms with Crippen molar-refractivity contribution in [1.29, 1.82) is 0 Å². The second-order valence-corrected chi connectivity index (χ2v) is 5.60. The van der Waals surface area contributed by atoms with Crippen molar-refractivity contribution in [1.82, 2.24) is 10.3 Å². The fraction of sp³-hybridized carbons (Fsp3) is 0.200. The number of nitrogens with zero attached hydrogens (tertiary/aromatic N) is 1. The van der Waals surface area contributed by atoms with Crippen molar-refractivity contribution in [3.63, 3.8) is 0 Å². The molecular weight excluding hydrogens is 319 g/mol. The first kappa shape index (κ1) is 18.5. The van der Waals surface area contributed by atoms with Crippen LogP contribution in [0, 0.1) is 5.82 Å². The molecule has 1 heterocycles. The lowest BCUT2D eigenvalue weighted by atomic mass is 10.1. The maximum atomic E-state index is 13.6. The predicted octanol–water partition coefficient (Wildman–Crippen LogP) is 3.34. The van der Waals surface area contributed by atoms with Crippen LogP contribution in [0.5, 0.6) is 0 Å². The third-order valence-corrected chi connectivity index (χ3v) is 3.69. The maximum absolute atomic E-state index is 13.6. The molecule has 5 heteroatoms. The third kappa shape index (κ3) is 4.84. The summed E-state index contributed by atoms with van der Waals surface area (Å²) in [6.07, 6.45) is 2.16. The highest BCUT2D eigenvalue weighted by molar-refractivity contribution is 5.97. The average molecular weight is 340 g/mol. The summed E-state index contributed by atoms with van der Waals surface area (Å²) in [7, 11) is 1.00. The number of halogens is 1. The van der Waals surface area contributed by atoms with Crippen molar-refractivity contribution in [3.05, 3.63) is 77.7 Å². The van der Waals surface area contributed by atoms with Gasteiger partial charge in [0.1, 0.15) is 11.3 Å². The number of benzene rings is 2. The van der Waals surface area contributed by atoms with Gasteiger partial charge in [-0.3, -0.25) is 9.78 Å². The van der Waals surface area contributed by atoms with Crippen LogP contribution >= 0.6 is 0 Å². The largest absolute Gasteiger partial charge is 0.400 e. The molecule has 4 nitrogen and oxygen atoms in total. The molecule has 1 atom stereocenters. The van der Waals surface area contributed by atoms with E-state index in [1.165, 1.54) is 17.8 Å². The second kappa shape index (κ2) is 8.89. The van der Waals surface area contributed by atoms with Crippen LogP contribution in [-0.4, -0.2) is 29.1 Å². The number of carbonyl (C=O) groups excluding carboxylic acids is 1. The van der Waals surface area contributed by atoms with Crippen molar-refractivity contribution in [2.45, 2.75) is 19.4 Å². The van der Waals surface area contributed by atoms with E-state index in [1.54, 1.807) is 18.2 Å². The Morgan fingerprint density at radius 3 is 2.60 bits per heavy atom. The molecule has 1 unspecified atom stereocenters. The molecule has 0 aliphatic rings. The van der Waals surface area contributed by atoms with Crippen LogP contribution in [0.2, 0.25) is 0 Å². The van der Waals surface area contributed by atoms with Gasteiger partial charge in [-0.15, -0.1) is 0 Å². The third-order valence-electron chi connectivity index (χ3n) is 3.69. The highest BCUT2D eigenvalue weighted by atomic mass is 19.1. The van der Waals surface area contributed by atoms with E-state index in [2.05, 4.69) is 10.3 Å². The zero-order valence-corrected chi connectivity index (χ0v) is 14.2. The number of aliphatic hydroxyl groups is 1. The summed E-state index contributed by atoms with van der Waals surface area (Å²) < 4.78 is 13.6. The first-order valence-corrected chi connectivity index (χ1v) is 7.97. The van der Waals surface area contributed by atoms with Crippen molar-refractivity contribution in [2.24, 2.45) is 0 Å². The Morgan fingerprint density at radius 2 is 1.88 bits per heavy atom. The van der Waals surface area contributed by atoms with Gasteiger partial charge in [-0.1, -0.05) is 42.5 Å². The number of para-hydroxylation sites is 1. The highest BCUT2D eigenvalue weighted by Gasteiger charge is 2.12. The number of fused-ring (bicyclic) bond motifs is 1. The van der Waals surface area contributed by atoms with E-state index in [1.807, 2.05) is 37.3 Å². The summed E-state index contributed by atoms with van der Waals surface area (Å²) in [5.74, 6) is -0.584. The van der Waals surface area contributed by atoms with Crippen LogP contribution in [0.4, 0.5) is 4.39 Å². The molecule has 0 bridgehead atoms. The van der Waals surface area contributed by atoms with E-state index in [4.69, 9.17) is 5.11 Å². The second-order valence-electron chi connectivity index (χ2n) is 5.60. The van der Waals surface area contributed by atoms with Crippen LogP contribution < -0.4 is 5.32 Å². The smallest absolute Gasteiger partial charge is 0.253 e. The minimum absolute atomic E-state index is 0.00638. The van der Waals surface area contributed by atoms with E-state index in [-0.39, 0.29) is 23.3 Å². The standard InChI is InChI=1S/C19H17FN2O.CH4O/c1-13(10-14-6-3-2-4-7-14)22-19(23)16-11-15-8-5-9-17(20)18(15)21-12-16;1-2/h2-9,11-13H,10H2,1H3,(H,22,23);2H,1H3. The van der Waals surface area contributed by atoms with Crippen LogP contribution in [-0.2, 0) is 6.42 Å². The van der Waals surface area contributed by atoms with Crippen LogP contribution in [0.15, 0.2) is 60.8 Å². The molecule has 0 fully saturated rings. The fourth-order valence-corrected chi connectivity index (χ4v) is 2.57. The Balaban J connectivity index is 0.00000109. The minimum atomic E-state index is -0.382. The summed E-state index contributed by atoms with van der Waals surface area (Å²) in [6.45, 7) is 1.96. The number of hydrogen-bond acceptors (Lipinski definition) is 3. The lowest BCUT2D eigenvalue weighted by molar-refractivity contribution is 0.0940. The lowest BCUT2D eigenvalue weighted by Crippen LogP contribution is -2.34. The molecule has 3 rings (SSSR count). The molecular formula is C20H21FN2O2. The number of pyridine rings is 1. The normalized spacial score (nSPS) is 11.4. The Hall–Kier alpha value is -2.79. The Morgan fingerprint density at radius 1 is 1.16 bits per heavy atom. The molecule has 1 amide bonds. The minimum Gasteiger partial charge on any atom is -0.400 e. The zero-order chi connectivity index (χ0) is 18.2. The van der Waals surface area contributed by atoms with E-state index < -0.39 is 0 Å². The Labute approximate surface area is 146 Å². The molecule has 130 valence electrons. The summed E-state index contributed by atoms with van der Waals surface area (Å²) in [6, 6.07) is 16.4. The van der Waals surface area contributed by atoms with E-state index >= 15 is 0 Å². The van der Waals surface area contributed by atoms with Gasteiger partial charge < -0.3 is 10.4 Å². The quantitative estimate of drug-likeness (QED) is 0.766. The Kier molecular flexibility index (Phi) is 6.60. The van der Waals surface area contributed by atoms with Gasteiger partial charge in [-0.05, 0) is 31.0 Å². The number of nitrogens with one attached hydrogen (secondary N) is 1. The van der Waals surface area contributed by atoms with Gasteiger partial charge in [0.2, 0.25) is 0 Å². The monoisotopic (exact) mass is 340 g/mol. The van der Waals surface area contributed by atoms with Crippen molar-refractivity contribution < 1.29 is 14.3 Å². The van der Waals surface area contributed by atoms with Gasteiger partial charge in [0.25, 0.3) is 5.91 Å². The number of hydrogen-bond donors (Lipinski definition) is 2. The summed E-state index contributed by atoms with van der Waals surface area (Å²) in [5.41, 5.74) is 1.88. The molecule has 2 N–H and O–H groups in total. The molecule has 3 aromatic rings. The van der Waals surface area contributed by atoms with E-state index in [0.29, 0.717) is 10.9 Å². The highest BCUT2D eigenvalue weighted by Crippen LogP contribution is 2.16. The molecule has 0 radical (unpaired) electrons. The van der Waals surface area contributed by atoms with Gasteiger partial charge in [-0.25, -0.2) is 4.39 Å². The van der Waals surface area contributed by atoms with Gasteiger partial charge >= 0.3 is 0 Å². The topological polar surface area (TPSA) is 62.2 Å². The van der Waals surface area contributed by atoms with Crippen LogP contribution in [0.25, 0.3) is 10.9 Å². The van der Waals surface area contributed by atoms with E-state index in [9.17, 15) is 9.18 Å². The average Bonchev–Trinajstić information content (AvgIpc) is 2.64. The maximum Gasteiger partial charge on any atom is 0.253 e. The van der Waals surface area contributed by atoms with Crippen molar-refractivity contribution in [3.8, 4) is 0 Å². The molecule has 2 aromatic carbocycles. The summed E-state index contributed by atoms with van der Waals surface area (Å²) in [5, 5.41) is 10.6. The number of rotatable bonds is 4. The molecule has 0 spiro atoms. The van der Waals surface area contributed by atoms with Gasteiger partial charge in [0, 0.05) is 24.7 Å². The molecule has 25 heavy (non-hydrogen) atoms. The number of amides is 1. The summed E-state index contributed by atoms with van der Waals surface area (Å²) in [4.78, 5) is 16.4. The summed E-state index contributed by atoms with van der Waals surface area (Å²) >= 11 is 0. The lowest BCUT2D eigenvalue weighted by Gasteiger charge is -2.14. The van der Waals surface area contributed by atoms with Gasteiger partial charge in [0.15, 0.2) is 0 Å².